The average Bonchev–Trinajstić information content (AvgIpc) is 2.86. The Bertz CT molecular complexity index is 851. The minimum Gasteiger partial charge on any atom is -0.489 e. The van der Waals surface area contributed by atoms with E-state index in [-0.39, 0.29) is 18.4 Å². The highest BCUT2D eigenvalue weighted by Gasteiger charge is 2.04. The standard InChI is InChI=1S/C28H39N3O3/c1-2-3-4-5-6-7-8-9-13-16-27(32)29-22-28(33)31-30-21-24-17-19-26(20-18-24)34-23-25-14-11-10-12-15-25/h10-12,14-15,17-21H,2-9,13,16,22-23H2,1H3,(H,29,32)(H,31,33). The molecule has 2 aromatic carbocycles. The molecule has 184 valence electrons. The molecule has 6 nitrogen and oxygen atoms in total. The number of ether oxygens (including phenoxy) is 1. The third kappa shape index (κ3) is 12.8. The number of carbonyl (C=O) groups excluding carboxylic acids is 2. The zero-order valence-electron chi connectivity index (χ0n) is 20.4. The molecule has 2 aromatic rings. The Morgan fingerprint density at radius 1 is 0.824 bits per heavy atom. The molecule has 2 N–H and O–H groups in total. The van der Waals surface area contributed by atoms with Gasteiger partial charge in [-0.3, -0.25) is 9.59 Å². The van der Waals surface area contributed by atoms with Gasteiger partial charge in [-0.1, -0.05) is 88.6 Å². The first kappa shape index (κ1) is 27.1. The Labute approximate surface area is 204 Å². The van der Waals surface area contributed by atoms with Gasteiger partial charge >= 0.3 is 0 Å². The van der Waals surface area contributed by atoms with Gasteiger partial charge in [-0.25, -0.2) is 5.43 Å². The van der Waals surface area contributed by atoms with Crippen molar-refractivity contribution in [2.75, 3.05) is 6.54 Å². The predicted octanol–water partition coefficient (Wildman–Crippen LogP) is 5.75. The van der Waals surface area contributed by atoms with Gasteiger partial charge in [0.1, 0.15) is 12.4 Å². The third-order valence-electron chi connectivity index (χ3n) is 5.48. The molecule has 0 radical (unpaired) electrons. The van der Waals surface area contributed by atoms with Crippen LogP contribution in [0.15, 0.2) is 59.7 Å². The smallest absolute Gasteiger partial charge is 0.259 e. The summed E-state index contributed by atoms with van der Waals surface area (Å²) in [5.41, 5.74) is 4.38. The van der Waals surface area contributed by atoms with E-state index in [9.17, 15) is 9.59 Å². The predicted molar refractivity (Wildman–Crippen MR) is 138 cm³/mol. The van der Waals surface area contributed by atoms with Crippen LogP contribution in [0.3, 0.4) is 0 Å². The summed E-state index contributed by atoms with van der Waals surface area (Å²) in [6, 6.07) is 17.4. The number of carbonyl (C=O) groups is 2. The molecule has 0 bridgehead atoms. The number of hydrazone groups is 1. The van der Waals surface area contributed by atoms with E-state index in [0.717, 1.165) is 29.7 Å². The molecule has 0 aliphatic rings. The van der Waals surface area contributed by atoms with Gasteiger partial charge in [0, 0.05) is 6.42 Å². The summed E-state index contributed by atoms with van der Waals surface area (Å²) >= 11 is 0. The van der Waals surface area contributed by atoms with Crippen LogP contribution >= 0.6 is 0 Å². The minimum absolute atomic E-state index is 0.0696. The first-order chi connectivity index (χ1) is 16.7. The second kappa shape index (κ2) is 17.3. The van der Waals surface area contributed by atoms with Crippen molar-refractivity contribution in [1.82, 2.24) is 10.7 Å². The van der Waals surface area contributed by atoms with Crippen LogP contribution in [0.5, 0.6) is 5.75 Å². The summed E-state index contributed by atoms with van der Waals surface area (Å²) in [5, 5.41) is 6.60. The molecule has 0 saturated carbocycles. The molecule has 0 unspecified atom stereocenters. The van der Waals surface area contributed by atoms with Gasteiger partial charge in [-0.15, -0.1) is 0 Å². The number of unbranched alkanes of at least 4 members (excludes halogenated alkanes) is 8. The van der Waals surface area contributed by atoms with Crippen LogP contribution < -0.4 is 15.5 Å². The first-order valence-electron chi connectivity index (χ1n) is 12.5. The van der Waals surface area contributed by atoms with E-state index in [4.69, 9.17) is 4.74 Å². The molecule has 0 fully saturated rings. The molecule has 0 heterocycles. The molecule has 6 heteroatoms. The molecule has 0 aromatic heterocycles. The van der Waals surface area contributed by atoms with Gasteiger partial charge in [0.05, 0.1) is 12.8 Å². The Morgan fingerprint density at radius 2 is 1.47 bits per heavy atom. The molecule has 0 aliphatic carbocycles. The Balaban J connectivity index is 1.52. The average molecular weight is 466 g/mol. The van der Waals surface area contributed by atoms with E-state index in [0.29, 0.717) is 13.0 Å². The first-order valence-corrected chi connectivity index (χ1v) is 12.5. The number of amides is 2. The van der Waals surface area contributed by atoms with Gasteiger partial charge in [0.25, 0.3) is 5.91 Å². The largest absolute Gasteiger partial charge is 0.489 e. The highest BCUT2D eigenvalue weighted by Crippen LogP contribution is 2.13. The molecular formula is C28H39N3O3. The van der Waals surface area contributed by atoms with Gasteiger partial charge < -0.3 is 10.1 Å². The van der Waals surface area contributed by atoms with Crippen molar-refractivity contribution in [3.63, 3.8) is 0 Å². The van der Waals surface area contributed by atoms with Crippen molar-refractivity contribution in [2.45, 2.75) is 77.7 Å². The van der Waals surface area contributed by atoms with E-state index < -0.39 is 0 Å². The third-order valence-corrected chi connectivity index (χ3v) is 5.48. The van der Waals surface area contributed by atoms with E-state index in [1.165, 1.54) is 44.9 Å². The Kier molecular flexibility index (Phi) is 13.8. The zero-order chi connectivity index (χ0) is 24.3. The maximum Gasteiger partial charge on any atom is 0.259 e. The molecule has 0 aliphatic heterocycles. The molecule has 0 atom stereocenters. The van der Waals surface area contributed by atoms with Crippen molar-refractivity contribution in [3.05, 3.63) is 65.7 Å². The maximum absolute atomic E-state index is 11.9. The lowest BCUT2D eigenvalue weighted by Gasteiger charge is -2.06. The van der Waals surface area contributed by atoms with E-state index in [2.05, 4.69) is 22.8 Å². The number of hydrogen-bond donors (Lipinski definition) is 2. The maximum atomic E-state index is 11.9. The van der Waals surface area contributed by atoms with Crippen LogP contribution in [0.2, 0.25) is 0 Å². The van der Waals surface area contributed by atoms with Crippen LogP contribution in [0.4, 0.5) is 0 Å². The fourth-order valence-electron chi connectivity index (χ4n) is 3.47. The topological polar surface area (TPSA) is 79.8 Å². The lowest BCUT2D eigenvalue weighted by molar-refractivity contribution is -0.126. The van der Waals surface area contributed by atoms with Crippen molar-refractivity contribution in [3.8, 4) is 5.75 Å². The summed E-state index contributed by atoms with van der Waals surface area (Å²) in [5.74, 6) is 0.326. The van der Waals surface area contributed by atoms with Crippen molar-refractivity contribution < 1.29 is 14.3 Å². The molecule has 0 spiro atoms. The number of benzene rings is 2. The monoisotopic (exact) mass is 465 g/mol. The van der Waals surface area contributed by atoms with Crippen LogP contribution in [0.25, 0.3) is 0 Å². The highest BCUT2D eigenvalue weighted by atomic mass is 16.5. The summed E-state index contributed by atoms with van der Waals surface area (Å²) < 4.78 is 5.75. The van der Waals surface area contributed by atoms with Crippen LogP contribution in [-0.2, 0) is 16.2 Å². The van der Waals surface area contributed by atoms with Crippen LogP contribution in [0.1, 0.15) is 82.3 Å². The second-order valence-electron chi connectivity index (χ2n) is 8.49. The Hall–Kier alpha value is -3.15. The lowest BCUT2D eigenvalue weighted by atomic mass is 10.1. The van der Waals surface area contributed by atoms with E-state index >= 15 is 0 Å². The quantitative estimate of drug-likeness (QED) is 0.177. The van der Waals surface area contributed by atoms with E-state index in [1.807, 2.05) is 54.6 Å². The minimum atomic E-state index is -0.348. The SMILES string of the molecule is CCCCCCCCCCCC(=O)NCC(=O)NN=Cc1ccc(OCc2ccccc2)cc1. The molecule has 2 amide bonds. The summed E-state index contributed by atoms with van der Waals surface area (Å²) in [6.45, 7) is 2.67. The van der Waals surface area contributed by atoms with Crippen molar-refractivity contribution in [2.24, 2.45) is 5.10 Å². The van der Waals surface area contributed by atoms with Crippen LogP contribution in [0, 0.1) is 0 Å². The number of rotatable bonds is 17. The molecular weight excluding hydrogens is 426 g/mol. The number of hydrogen-bond acceptors (Lipinski definition) is 4. The van der Waals surface area contributed by atoms with Gasteiger partial charge in [0.15, 0.2) is 0 Å². The van der Waals surface area contributed by atoms with Gasteiger partial charge in [-0.2, -0.15) is 5.10 Å². The highest BCUT2D eigenvalue weighted by molar-refractivity contribution is 5.86. The zero-order valence-corrected chi connectivity index (χ0v) is 20.4. The van der Waals surface area contributed by atoms with Crippen molar-refractivity contribution >= 4 is 18.0 Å². The van der Waals surface area contributed by atoms with Gasteiger partial charge in [-0.05, 0) is 41.8 Å². The number of nitrogens with zero attached hydrogens (tertiary/aromatic N) is 1. The summed E-state index contributed by atoms with van der Waals surface area (Å²) in [7, 11) is 0. The fourth-order valence-corrected chi connectivity index (χ4v) is 3.47. The molecule has 0 saturated heterocycles. The normalized spacial score (nSPS) is 10.9. The number of nitrogens with one attached hydrogen (secondary N) is 2. The summed E-state index contributed by atoms with van der Waals surface area (Å²) in [4.78, 5) is 23.8. The van der Waals surface area contributed by atoms with Crippen LogP contribution in [-0.4, -0.2) is 24.6 Å². The second-order valence-corrected chi connectivity index (χ2v) is 8.49. The molecule has 34 heavy (non-hydrogen) atoms. The summed E-state index contributed by atoms with van der Waals surface area (Å²) in [6.07, 6.45) is 12.9. The Morgan fingerprint density at radius 3 is 2.15 bits per heavy atom. The molecule has 2 rings (SSSR count). The van der Waals surface area contributed by atoms with Gasteiger partial charge in [0.2, 0.25) is 5.91 Å². The van der Waals surface area contributed by atoms with E-state index in [1.54, 1.807) is 6.21 Å². The fraction of sp³-hybridized carbons (Fsp3) is 0.464. The lowest BCUT2D eigenvalue weighted by Crippen LogP contribution is -2.34. The van der Waals surface area contributed by atoms with Crippen molar-refractivity contribution in [1.29, 1.82) is 0 Å².